The maximum Gasteiger partial charge on any atom is 0.210 e. The molecule has 136 valence electrons. The summed E-state index contributed by atoms with van der Waals surface area (Å²) in [7, 11) is 3.38. The van der Waals surface area contributed by atoms with Gasteiger partial charge in [0.2, 0.25) is 6.41 Å². The van der Waals surface area contributed by atoms with Crippen molar-refractivity contribution in [1.82, 2.24) is 4.90 Å². The largest absolute Gasteiger partial charge is 0.494 e. The van der Waals surface area contributed by atoms with Crippen molar-refractivity contribution in [1.29, 1.82) is 0 Å². The molecule has 1 amide bonds. The van der Waals surface area contributed by atoms with Crippen molar-refractivity contribution in [2.45, 2.75) is 32.5 Å². The van der Waals surface area contributed by atoms with Gasteiger partial charge in [-0.1, -0.05) is 12.2 Å². The fraction of sp³-hybridized carbons (Fsp3) is 0.500. The highest BCUT2D eigenvalue weighted by atomic mass is 16.5. The number of hydrogen-bond donors (Lipinski definition) is 0. The topological polar surface area (TPSA) is 71.4 Å². The highest BCUT2D eigenvalue weighted by Gasteiger charge is 2.36. The van der Waals surface area contributed by atoms with E-state index in [4.69, 9.17) is 9.47 Å². The number of aryl methyl sites for hydroxylation is 1. The number of nitroso groups, excluding NO2 is 1. The summed E-state index contributed by atoms with van der Waals surface area (Å²) in [5.41, 5.74) is 2.95. The Morgan fingerprint density at radius 1 is 1.52 bits per heavy atom. The van der Waals surface area contributed by atoms with Crippen LogP contribution in [-0.2, 0) is 9.53 Å². The average Bonchev–Trinajstić information content (AvgIpc) is 2.99. The van der Waals surface area contributed by atoms with Crippen LogP contribution in [0.2, 0.25) is 0 Å². The molecule has 2 rings (SSSR count). The molecule has 1 saturated heterocycles. The van der Waals surface area contributed by atoms with Crippen LogP contribution < -0.4 is 9.64 Å². The summed E-state index contributed by atoms with van der Waals surface area (Å²) in [6.07, 6.45) is 1.16. The second kappa shape index (κ2) is 8.11. The molecule has 1 fully saturated rings. The summed E-state index contributed by atoms with van der Waals surface area (Å²) in [6, 6.07) is 3.32. The van der Waals surface area contributed by atoms with Crippen molar-refractivity contribution < 1.29 is 14.3 Å². The van der Waals surface area contributed by atoms with Crippen LogP contribution in [0.5, 0.6) is 5.75 Å². The Bertz CT molecular complexity index is 662. The number of anilines is 1. The summed E-state index contributed by atoms with van der Waals surface area (Å²) in [4.78, 5) is 26.2. The van der Waals surface area contributed by atoms with Crippen LogP contribution in [0, 0.1) is 11.8 Å². The monoisotopic (exact) mass is 347 g/mol. The van der Waals surface area contributed by atoms with E-state index in [1.165, 1.54) is 7.11 Å². The van der Waals surface area contributed by atoms with E-state index < -0.39 is 0 Å². The maximum atomic E-state index is 11.4. The van der Waals surface area contributed by atoms with E-state index in [2.05, 4.69) is 11.8 Å². The number of likely N-dealkylation sites (tertiary alicyclic amines) is 1. The first-order chi connectivity index (χ1) is 12.0. The molecule has 1 aliphatic rings. The van der Waals surface area contributed by atoms with Gasteiger partial charge in [0, 0.05) is 25.9 Å². The molecule has 0 aromatic heterocycles. The molecule has 0 bridgehead atoms. The predicted octanol–water partition coefficient (Wildman–Crippen LogP) is 2.99. The van der Waals surface area contributed by atoms with Crippen LogP contribution >= 0.6 is 0 Å². The molecular weight excluding hydrogens is 322 g/mol. The first kappa shape index (κ1) is 18.9. The SMILES string of the molecule is C=C1CC(C(OCC)N(C)c2cc(N=O)c(OC)cc2C)N(C=O)C1. The second-order valence-corrected chi connectivity index (χ2v) is 6.16. The van der Waals surface area contributed by atoms with Gasteiger partial charge in [-0.2, -0.15) is 0 Å². The highest BCUT2D eigenvalue weighted by Crippen LogP contribution is 2.37. The lowest BCUT2D eigenvalue weighted by atomic mass is 10.1. The third-order valence-corrected chi connectivity index (χ3v) is 4.49. The number of amides is 1. The number of benzene rings is 1. The number of nitrogens with zero attached hydrogens (tertiary/aromatic N) is 3. The van der Waals surface area contributed by atoms with E-state index in [1.807, 2.05) is 25.8 Å². The maximum absolute atomic E-state index is 11.4. The van der Waals surface area contributed by atoms with Crippen molar-refractivity contribution in [2.24, 2.45) is 5.18 Å². The van der Waals surface area contributed by atoms with Crippen LogP contribution in [0.1, 0.15) is 18.9 Å². The number of ether oxygens (including phenoxy) is 2. The van der Waals surface area contributed by atoms with Crippen LogP contribution in [0.3, 0.4) is 0 Å². The Morgan fingerprint density at radius 2 is 2.24 bits per heavy atom. The van der Waals surface area contributed by atoms with E-state index in [-0.39, 0.29) is 18.0 Å². The Labute approximate surface area is 148 Å². The van der Waals surface area contributed by atoms with Crippen LogP contribution in [0.4, 0.5) is 11.4 Å². The summed E-state index contributed by atoms with van der Waals surface area (Å²) in [5.74, 6) is 0.432. The molecule has 0 spiro atoms. The third kappa shape index (κ3) is 3.82. The minimum atomic E-state index is -0.360. The summed E-state index contributed by atoms with van der Waals surface area (Å²) < 4.78 is 11.2. The van der Waals surface area contributed by atoms with Crippen molar-refractivity contribution in [3.05, 3.63) is 34.8 Å². The molecule has 1 heterocycles. The normalized spacial score (nSPS) is 18.2. The van der Waals surface area contributed by atoms with Gasteiger partial charge in [0.25, 0.3) is 0 Å². The quantitative estimate of drug-likeness (QED) is 0.313. The van der Waals surface area contributed by atoms with Gasteiger partial charge >= 0.3 is 0 Å². The molecule has 0 saturated carbocycles. The zero-order valence-corrected chi connectivity index (χ0v) is 15.2. The minimum absolute atomic E-state index is 0.135. The molecule has 1 aromatic rings. The standard InChI is InChI=1S/C18H25N3O4/c1-6-25-18(16-7-12(2)10-21(16)11-22)20(4)15-9-14(19-23)17(24-5)8-13(15)3/h8-9,11,16,18H,2,6-7,10H2,1,3-5H3. The zero-order valence-electron chi connectivity index (χ0n) is 15.2. The zero-order chi connectivity index (χ0) is 18.6. The number of hydrogen-bond acceptors (Lipinski definition) is 6. The van der Waals surface area contributed by atoms with Gasteiger partial charge in [0.15, 0.2) is 11.9 Å². The Hall–Kier alpha value is -2.41. The first-order valence-corrected chi connectivity index (χ1v) is 8.20. The van der Waals surface area contributed by atoms with Crippen molar-refractivity contribution in [2.75, 3.05) is 32.2 Å². The molecular formula is C18H25N3O4. The van der Waals surface area contributed by atoms with Gasteiger partial charge in [0.05, 0.1) is 13.2 Å². The Kier molecular flexibility index (Phi) is 6.14. The highest BCUT2D eigenvalue weighted by molar-refractivity contribution is 5.67. The van der Waals surface area contributed by atoms with E-state index in [0.717, 1.165) is 23.2 Å². The third-order valence-electron chi connectivity index (χ3n) is 4.49. The van der Waals surface area contributed by atoms with Crippen LogP contribution in [0.25, 0.3) is 0 Å². The number of likely N-dealkylation sites (N-methyl/N-ethyl adjacent to an activating group) is 1. The molecule has 0 N–H and O–H groups in total. The van der Waals surface area contributed by atoms with Crippen molar-refractivity contribution in [3.63, 3.8) is 0 Å². The van der Waals surface area contributed by atoms with Gasteiger partial charge in [-0.05, 0) is 43.1 Å². The van der Waals surface area contributed by atoms with Gasteiger partial charge < -0.3 is 19.3 Å². The molecule has 7 heteroatoms. The van der Waals surface area contributed by atoms with E-state index in [9.17, 15) is 9.70 Å². The summed E-state index contributed by atoms with van der Waals surface area (Å²) in [6.45, 7) is 8.87. The summed E-state index contributed by atoms with van der Waals surface area (Å²) >= 11 is 0. The fourth-order valence-corrected chi connectivity index (χ4v) is 3.30. The number of carbonyl (C=O) groups excluding carboxylic acids is 1. The molecule has 1 aliphatic heterocycles. The van der Waals surface area contributed by atoms with Gasteiger partial charge in [-0.15, -0.1) is 4.91 Å². The van der Waals surface area contributed by atoms with Gasteiger partial charge in [-0.25, -0.2) is 0 Å². The lowest BCUT2D eigenvalue weighted by Crippen LogP contribution is -2.49. The van der Waals surface area contributed by atoms with E-state index in [0.29, 0.717) is 25.3 Å². The molecule has 7 nitrogen and oxygen atoms in total. The minimum Gasteiger partial charge on any atom is -0.494 e. The van der Waals surface area contributed by atoms with E-state index >= 15 is 0 Å². The second-order valence-electron chi connectivity index (χ2n) is 6.16. The molecule has 0 radical (unpaired) electrons. The molecule has 0 aliphatic carbocycles. The summed E-state index contributed by atoms with van der Waals surface area (Å²) in [5, 5.41) is 3.05. The van der Waals surface area contributed by atoms with E-state index in [1.54, 1.807) is 17.0 Å². The van der Waals surface area contributed by atoms with Gasteiger partial charge in [0.1, 0.15) is 5.75 Å². The van der Waals surface area contributed by atoms with Gasteiger partial charge in [-0.3, -0.25) is 4.79 Å². The number of carbonyl (C=O) groups is 1. The predicted molar refractivity (Wildman–Crippen MR) is 97.3 cm³/mol. The molecule has 2 unspecified atom stereocenters. The molecule has 2 atom stereocenters. The molecule has 25 heavy (non-hydrogen) atoms. The number of rotatable bonds is 8. The first-order valence-electron chi connectivity index (χ1n) is 8.20. The Morgan fingerprint density at radius 3 is 2.80 bits per heavy atom. The molecule has 1 aromatic carbocycles. The lowest BCUT2D eigenvalue weighted by Gasteiger charge is -2.37. The number of methoxy groups -OCH3 is 1. The van der Waals surface area contributed by atoms with Crippen molar-refractivity contribution >= 4 is 17.8 Å². The van der Waals surface area contributed by atoms with Crippen molar-refractivity contribution in [3.8, 4) is 5.75 Å². The fourth-order valence-electron chi connectivity index (χ4n) is 3.30. The Balaban J connectivity index is 2.40. The van der Waals surface area contributed by atoms with Crippen LogP contribution in [-0.4, -0.2) is 50.9 Å². The smallest absolute Gasteiger partial charge is 0.210 e. The van der Waals surface area contributed by atoms with Crippen LogP contribution in [0.15, 0.2) is 29.5 Å². The average molecular weight is 347 g/mol. The lowest BCUT2D eigenvalue weighted by molar-refractivity contribution is -0.121.